The van der Waals surface area contributed by atoms with Crippen LogP contribution in [0, 0.1) is 0 Å². The minimum atomic E-state index is -0.795. The number of hydrogen-bond donors (Lipinski definition) is 2. The van der Waals surface area contributed by atoms with E-state index in [1.54, 1.807) is 13.0 Å². The molecule has 2 N–H and O–H groups in total. The molecule has 0 aliphatic carbocycles. The van der Waals surface area contributed by atoms with Crippen molar-refractivity contribution in [2.75, 3.05) is 12.4 Å². The lowest BCUT2D eigenvalue weighted by Gasteiger charge is -2.19. The van der Waals surface area contributed by atoms with Crippen LogP contribution in [0.1, 0.15) is 42.6 Å². The quantitative estimate of drug-likeness (QED) is 0.608. The van der Waals surface area contributed by atoms with E-state index in [0.29, 0.717) is 5.75 Å². The fraction of sp³-hybridized carbons (Fsp3) is 0.300. The van der Waals surface area contributed by atoms with Gasteiger partial charge in [0.2, 0.25) is 0 Å². The Balaban J connectivity index is 2.15. The zero-order valence-corrected chi connectivity index (χ0v) is 15.3. The van der Waals surface area contributed by atoms with Crippen molar-refractivity contribution in [1.29, 1.82) is 0 Å². The fourth-order valence-corrected chi connectivity index (χ4v) is 2.46. The number of benzene rings is 2. The second kappa shape index (κ2) is 8.38. The van der Waals surface area contributed by atoms with Gasteiger partial charge in [0.1, 0.15) is 11.3 Å². The van der Waals surface area contributed by atoms with Gasteiger partial charge < -0.3 is 19.9 Å². The van der Waals surface area contributed by atoms with Crippen LogP contribution in [0.2, 0.25) is 0 Å². The highest BCUT2D eigenvalue weighted by atomic mass is 16.5. The number of rotatable bonds is 6. The van der Waals surface area contributed by atoms with Crippen molar-refractivity contribution >= 4 is 17.6 Å². The van der Waals surface area contributed by atoms with E-state index >= 15 is 0 Å². The summed E-state index contributed by atoms with van der Waals surface area (Å²) in [7, 11) is 1.22. The summed E-state index contributed by atoms with van der Waals surface area (Å²) in [6, 6.07) is 12.0. The molecule has 0 aliphatic rings. The van der Waals surface area contributed by atoms with Crippen LogP contribution in [-0.4, -0.2) is 30.2 Å². The summed E-state index contributed by atoms with van der Waals surface area (Å²) < 4.78 is 10.4. The number of nitrogens with one attached hydrogen (secondary N) is 1. The number of carbonyl (C=O) groups is 2. The number of phenols is 1. The van der Waals surface area contributed by atoms with E-state index in [0.717, 1.165) is 5.56 Å². The summed E-state index contributed by atoms with van der Waals surface area (Å²) in [5.74, 6) is -0.586. The van der Waals surface area contributed by atoms with Crippen molar-refractivity contribution in [3.05, 3.63) is 53.6 Å². The molecule has 1 atom stereocenters. The minimum Gasteiger partial charge on any atom is -0.505 e. The zero-order chi connectivity index (χ0) is 19.3. The Morgan fingerprint density at radius 2 is 1.73 bits per heavy atom. The lowest BCUT2D eigenvalue weighted by molar-refractivity contribution is -0.122. The molecule has 1 unspecified atom stereocenters. The number of aromatic hydroxyl groups is 1. The van der Waals surface area contributed by atoms with Crippen LogP contribution in [0.4, 0.5) is 5.69 Å². The molecule has 2 aromatic carbocycles. The molecular weight excluding hydrogens is 334 g/mol. The zero-order valence-electron chi connectivity index (χ0n) is 15.3. The van der Waals surface area contributed by atoms with Crippen LogP contribution in [0.5, 0.6) is 11.5 Å². The second-order valence-electron chi connectivity index (χ2n) is 6.14. The van der Waals surface area contributed by atoms with Gasteiger partial charge in [-0.3, -0.25) is 4.79 Å². The van der Waals surface area contributed by atoms with Crippen molar-refractivity contribution < 1.29 is 24.2 Å². The Bertz CT molecular complexity index is 801. The van der Waals surface area contributed by atoms with E-state index < -0.39 is 18.0 Å². The van der Waals surface area contributed by atoms with Gasteiger partial charge in [0, 0.05) is 0 Å². The molecule has 26 heavy (non-hydrogen) atoms. The molecule has 0 heterocycles. The second-order valence-corrected chi connectivity index (χ2v) is 6.14. The normalized spacial score (nSPS) is 11.7. The van der Waals surface area contributed by atoms with Gasteiger partial charge in [-0.15, -0.1) is 0 Å². The lowest BCUT2D eigenvalue weighted by atomic mass is 10.0. The number of para-hydroxylation sites is 2. The molecule has 2 rings (SSSR count). The van der Waals surface area contributed by atoms with Crippen molar-refractivity contribution in [1.82, 2.24) is 0 Å². The van der Waals surface area contributed by atoms with Gasteiger partial charge in [-0.1, -0.05) is 38.1 Å². The number of hydrogen-bond acceptors (Lipinski definition) is 5. The molecule has 0 saturated carbocycles. The average Bonchev–Trinajstić information content (AvgIpc) is 2.63. The monoisotopic (exact) mass is 357 g/mol. The predicted octanol–water partition coefficient (Wildman–Crippen LogP) is 3.71. The van der Waals surface area contributed by atoms with Gasteiger partial charge in [0.15, 0.2) is 11.9 Å². The van der Waals surface area contributed by atoms with E-state index in [1.165, 1.54) is 19.2 Å². The first-order valence-electron chi connectivity index (χ1n) is 8.31. The first-order chi connectivity index (χ1) is 12.3. The van der Waals surface area contributed by atoms with Crippen LogP contribution < -0.4 is 10.1 Å². The summed E-state index contributed by atoms with van der Waals surface area (Å²) in [6.45, 7) is 5.71. The van der Waals surface area contributed by atoms with Crippen molar-refractivity contribution in [3.8, 4) is 11.5 Å². The van der Waals surface area contributed by atoms with Crippen LogP contribution in [0.15, 0.2) is 42.5 Å². The van der Waals surface area contributed by atoms with Gasteiger partial charge in [0.25, 0.3) is 5.91 Å². The largest absolute Gasteiger partial charge is 0.505 e. The third kappa shape index (κ3) is 4.33. The first kappa shape index (κ1) is 19.3. The van der Waals surface area contributed by atoms with E-state index in [1.807, 2.05) is 38.1 Å². The van der Waals surface area contributed by atoms with Gasteiger partial charge >= 0.3 is 5.97 Å². The summed E-state index contributed by atoms with van der Waals surface area (Å²) in [5.41, 5.74) is 1.09. The summed E-state index contributed by atoms with van der Waals surface area (Å²) in [4.78, 5) is 24.1. The summed E-state index contributed by atoms with van der Waals surface area (Å²) in [5, 5.41) is 12.7. The van der Waals surface area contributed by atoms with E-state index in [-0.39, 0.29) is 22.9 Å². The van der Waals surface area contributed by atoms with Crippen molar-refractivity contribution in [2.24, 2.45) is 0 Å². The van der Waals surface area contributed by atoms with Gasteiger partial charge in [0.05, 0.1) is 12.8 Å². The highest BCUT2D eigenvalue weighted by Gasteiger charge is 2.20. The Morgan fingerprint density at radius 3 is 2.38 bits per heavy atom. The smallest absolute Gasteiger partial charge is 0.341 e. The molecule has 2 aromatic rings. The number of anilines is 1. The minimum absolute atomic E-state index is 0.0241. The molecule has 0 aromatic heterocycles. The number of carbonyl (C=O) groups excluding carboxylic acids is 2. The lowest BCUT2D eigenvalue weighted by Crippen LogP contribution is -2.30. The number of esters is 1. The third-order valence-electron chi connectivity index (χ3n) is 3.91. The van der Waals surface area contributed by atoms with Gasteiger partial charge in [-0.05, 0) is 36.6 Å². The Hall–Kier alpha value is -3.02. The number of phenolic OH excluding ortho intramolecular Hbond substituents is 1. The molecule has 0 spiro atoms. The molecular formula is C20H23NO5. The number of methoxy groups -OCH3 is 1. The first-order valence-corrected chi connectivity index (χ1v) is 8.31. The molecule has 6 heteroatoms. The number of ether oxygens (including phenoxy) is 2. The standard InChI is InChI=1S/C20H23NO5/c1-12(2)14-8-5-6-11-17(14)26-13(3)19(23)21-16-10-7-9-15(18(16)22)20(24)25-4/h5-13,22H,1-4H3,(H,21,23). The van der Waals surface area contributed by atoms with Gasteiger partial charge in [-0.2, -0.15) is 0 Å². The van der Waals surface area contributed by atoms with Crippen molar-refractivity contribution in [3.63, 3.8) is 0 Å². The SMILES string of the molecule is COC(=O)c1cccc(NC(=O)C(C)Oc2ccccc2C(C)C)c1O. The maximum atomic E-state index is 12.4. The highest BCUT2D eigenvalue weighted by Crippen LogP contribution is 2.29. The molecule has 6 nitrogen and oxygen atoms in total. The third-order valence-corrected chi connectivity index (χ3v) is 3.91. The van der Waals surface area contributed by atoms with Crippen LogP contribution >= 0.6 is 0 Å². The molecule has 0 fully saturated rings. The van der Waals surface area contributed by atoms with Crippen molar-refractivity contribution in [2.45, 2.75) is 32.8 Å². The fourth-order valence-electron chi connectivity index (χ4n) is 2.46. The molecule has 138 valence electrons. The highest BCUT2D eigenvalue weighted by molar-refractivity contribution is 5.99. The van der Waals surface area contributed by atoms with Crippen LogP contribution in [-0.2, 0) is 9.53 Å². The van der Waals surface area contributed by atoms with Crippen LogP contribution in [0.25, 0.3) is 0 Å². The number of amides is 1. The Kier molecular flexibility index (Phi) is 6.22. The molecule has 0 radical (unpaired) electrons. The molecule has 0 saturated heterocycles. The average molecular weight is 357 g/mol. The van der Waals surface area contributed by atoms with Gasteiger partial charge in [-0.25, -0.2) is 4.79 Å². The molecule has 0 aliphatic heterocycles. The van der Waals surface area contributed by atoms with E-state index in [2.05, 4.69) is 10.1 Å². The Morgan fingerprint density at radius 1 is 1.04 bits per heavy atom. The summed E-state index contributed by atoms with van der Waals surface area (Å²) >= 11 is 0. The summed E-state index contributed by atoms with van der Waals surface area (Å²) in [6.07, 6.45) is -0.795. The van der Waals surface area contributed by atoms with Crippen LogP contribution in [0.3, 0.4) is 0 Å². The molecule has 1 amide bonds. The maximum Gasteiger partial charge on any atom is 0.341 e. The molecule has 0 bridgehead atoms. The maximum absolute atomic E-state index is 12.4. The Labute approximate surface area is 152 Å². The topological polar surface area (TPSA) is 84.9 Å². The predicted molar refractivity (Wildman–Crippen MR) is 98.7 cm³/mol. The van der Waals surface area contributed by atoms with E-state index in [9.17, 15) is 14.7 Å². The van der Waals surface area contributed by atoms with E-state index in [4.69, 9.17) is 4.74 Å².